The lowest BCUT2D eigenvalue weighted by molar-refractivity contribution is -0.138. The van der Waals surface area contributed by atoms with Gasteiger partial charge in [-0.25, -0.2) is 10.8 Å². The topological polar surface area (TPSA) is 122 Å². The highest BCUT2D eigenvalue weighted by Crippen LogP contribution is 2.22. The van der Waals surface area contributed by atoms with Crippen molar-refractivity contribution in [2.75, 3.05) is 6.54 Å². The Morgan fingerprint density at radius 2 is 2.30 bits per heavy atom. The smallest absolute Gasteiger partial charge is 0.247 e. The number of carbonyl (C=O) groups is 1. The molecule has 0 aromatic carbocycles. The predicted octanol–water partition coefficient (Wildman–Crippen LogP) is 0.114. The maximum absolute atomic E-state index is 12.8. The molecule has 8 nitrogen and oxygen atoms in total. The summed E-state index contributed by atoms with van der Waals surface area (Å²) in [6.07, 6.45) is 4.44. The van der Waals surface area contributed by atoms with Crippen molar-refractivity contribution in [1.82, 2.24) is 14.9 Å². The number of aromatic nitrogens is 1. The fourth-order valence-electron chi connectivity index (χ4n) is 2.90. The van der Waals surface area contributed by atoms with Crippen LogP contribution in [0.1, 0.15) is 33.1 Å². The van der Waals surface area contributed by atoms with Gasteiger partial charge < -0.3 is 25.2 Å². The molecule has 1 aliphatic rings. The molecule has 2 rings (SSSR count). The minimum atomic E-state index is -0.587. The third-order valence-electron chi connectivity index (χ3n) is 4.01. The molecule has 3 unspecified atom stereocenters. The first-order chi connectivity index (χ1) is 10.8. The van der Waals surface area contributed by atoms with E-state index in [4.69, 9.17) is 16.0 Å². The molecule has 0 spiro atoms. The molecule has 1 aromatic heterocycles. The standard InChI is InChI=1S/C15H25N5O3/c1-9(2)13(15(22)19-7-11(21)6-10(19)3)20(17)8-12(16)14-18-4-5-23-14/h4-5,8-11,13,21H,6-7,16-17H2,1-3H3/b12-8-. The Bertz CT molecular complexity index is 557. The van der Waals surface area contributed by atoms with Crippen molar-refractivity contribution in [2.45, 2.75) is 45.4 Å². The molecule has 2 heterocycles. The van der Waals surface area contributed by atoms with E-state index >= 15 is 0 Å². The lowest BCUT2D eigenvalue weighted by atomic mass is 10.0. The van der Waals surface area contributed by atoms with Gasteiger partial charge in [0.1, 0.15) is 18.0 Å². The lowest BCUT2D eigenvalue weighted by Crippen LogP contribution is -2.53. The molecule has 1 aromatic rings. The summed E-state index contributed by atoms with van der Waals surface area (Å²) in [5, 5.41) is 11.1. The Balaban J connectivity index is 2.17. The fraction of sp³-hybridized carbons (Fsp3) is 0.600. The van der Waals surface area contributed by atoms with Crippen LogP contribution in [0.5, 0.6) is 0 Å². The number of hydrazine groups is 1. The molecule has 23 heavy (non-hydrogen) atoms. The third-order valence-corrected chi connectivity index (χ3v) is 4.01. The van der Waals surface area contributed by atoms with Crippen LogP contribution in [0.3, 0.4) is 0 Å². The van der Waals surface area contributed by atoms with Crippen molar-refractivity contribution in [3.63, 3.8) is 0 Å². The van der Waals surface area contributed by atoms with E-state index in [1.807, 2.05) is 20.8 Å². The van der Waals surface area contributed by atoms with Crippen LogP contribution >= 0.6 is 0 Å². The molecule has 1 saturated heterocycles. The van der Waals surface area contributed by atoms with Gasteiger partial charge in [-0.3, -0.25) is 4.79 Å². The molecule has 0 bridgehead atoms. The maximum atomic E-state index is 12.8. The molecule has 5 N–H and O–H groups in total. The van der Waals surface area contributed by atoms with Crippen molar-refractivity contribution in [3.8, 4) is 0 Å². The number of aliphatic hydroxyl groups excluding tert-OH is 1. The Hall–Kier alpha value is -2.06. The second-order valence-electron chi connectivity index (χ2n) is 6.29. The largest absolute Gasteiger partial charge is 0.443 e. The van der Waals surface area contributed by atoms with E-state index in [9.17, 15) is 9.90 Å². The SMILES string of the molecule is CC(C)C(C(=O)N1CC(O)CC1C)N(N)/C=C(\N)c1ncco1. The summed E-state index contributed by atoms with van der Waals surface area (Å²) < 4.78 is 5.11. The Kier molecular flexibility index (Phi) is 5.27. The summed E-state index contributed by atoms with van der Waals surface area (Å²) in [6, 6.07) is -0.600. The normalized spacial score (nSPS) is 23.4. The van der Waals surface area contributed by atoms with Crippen molar-refractivity contribution in [3.05, 3.63) is 24.6 Å². The van der Waals surface area contributed by atoms with E-state index in [1.54, 1.807) is 4.90 Å². The van der Waals surface area contributed by atoms with E-state index in [-0.39, 0.29) is 29.5 Å². The zero-order valence-corrected chi connectivity index (χ0v) is 13.7. The summed E-state index contributed by atoms with van der Waals surface area (Å²) in [5.41, 5.74) is 6.14. The van der Waals surface area contributed by atoms with Crippen LogP contribution < -0.4 is 11.6 Å². The molecule has 1 amide bonds. The monoisotopic (exact) mass is 323 g/mol. The predicted molar refractivity (Wildman–Crippen MR) is 85.1 cm³/mol. The number of carbonyl (C=O) groups excluding carboxylic acids is 1. The Morgan fingerprint density at radius 3 is 2.78 bits per heavy atom. The minimum Gasteiger partial charge on any atom is -0.443 e. The highest BCUT2D eigenvalue weighted by Gasteiger charge is 2.37. The van der Waals surface area contributed by atoms with Gasteiger partial charge in [-0.05, 0) is 19.3 Å². The summed E-state index contributed by atoms with van der Waals surface area (Å²) >= 11 is 0. The molecule has 0 aliphatic carbocycles. The quantitative estimate of drug-likeness (QED) is 0.519. The minimum absolute atomic E-state index is 0.0137. The van der Waals surface area contributed by atoms with Crippen LogP contribution in [0.25, 0.3) is 5.70 Å². The summed E-state index contributed by atoms with van der Waals surface area (Å²) in [4.78, 5) is 18.5. The fourth-order valence-corrected chi connectivity index (χ4v) is 2.90. The number of rotatable bonds is 5. The lowest BCUT2D eigenvalue weighted by Gasteiger charge is -2.33. The van der Waals surface area contributed by atoms with Gasteiger partial charge in [0.2, 0.25) is 11.8 Å². The van der Waals surface area contributed by atoms with Gasteiger partial charge in [-0.2, -0.15) is 0 Å². The summed E-state index contributed by atoms with van der Waals surface area (Å²) in [7, 11) is 0. The van der Waals surface area contributed by atoms with Crippen molar-refractivity contribution >= 4 is 11.6 Å². The highest BCUT2D eigenvalue weighted by atomic mass is 16.3. The van der Waals surface area contributed by atoms with Gasteiger partial charge in [0.05, 0.1) is 12.3 Å². The van der Waals surface area contributed by atoms with E-state index in [2.05, 4.69) is 4.98 Å². The average Bonchev–Trinajstić information content (AvgIpc) is 3.07. The van der Waals surface area contributed by atoms with Crippen LogP contribution in [0.4, 0.5) is 0 Å². The molecule has 1 fully saturated rings. The number of hydrogen-bond donors (Lipinski definition) is 3. The first-order valence-corrected chi connectivity index (χ1v) is 7.70. The van der Waals surface area contributed by atoms with E-state index in [0.29, 0.717) is 13.0 Å². The zero-order valence-electron chi connectivity index (χ0n) is 13.7. The van der Waals surface area contributed by atoms with Crippen LogP contribution in [0, 0.1) is 5.92 Å². The summed E-state index contributed by atoms with van der Waals surface area (Å²) in [6.45, 7) is 6.07. The number of hydrogen-bond acceptors (Lipinski definition) is 7. The number of nitrogens with zero attached hydrogens (tertiary/aromatic N) is 3. The Morgan fingerprint density at radius 1 is 1.61 bits per heavy atom. The third kappa shape index (κ3) is 3.83. The van der Waals surface area contributed by atoms with Crippen LogP contribution in [-0.2, 0) is 4.79 Å². The number of aliphatic hydroxyl groups is 1. The first kappa shape index (κ1) is 17.3. The van der Waals surface area contributed by atoms with Gasteiger partial charge in [0, 0.05) is 18.8 Å². The van der Waals surface area contributed by atoms with Crippen LogP contribution in [0.2, 0.25) is 0 Å². The van der Waals surface area contributed by atoms with Crippen molar-refractivity contribution in [2.24, 2.45) is 17.5 Å². The number of nitrogens with two attached hydrogens (primary N) is 2. The molecule has 128 valence electrons. The van der Waals surface area contributed by atoms with E-state index in [1.165, 1.54) is 23.7 Å². The van der Waals surface area contributed by atoms with Gasteiger partial charge in [-0.1, -0.05) is 13.8 Å². The number of β-amino-alcohol motifs (C(OH)–C–C–N with tert-alkyl or cyclic N) is 1. The molecule has 3 atom stereocenters. The second-order valence-corrected chi connectivity index (χ2v) is 6.29. The number of likely N-dealkylation sites (tertiary alicyclic amines) is 1. The van der Waals surface area contributed by atoms with Crippen LogP contribution in [-0.4, -0.2) is 50.6 Å². The maximum Gasteiger partial charge on any atom is 0.247 e. The first-order valence-electron chi connectivity index (χ1n) is 7.70. The number of oxazole rings is 1. The Labute approximate surface area is 135 Å². The van der Waals surface area contributed by atoms with E-state index < -0.39 is 12.1 Å². The van der Waals surface area contributed by atoms with Crippen molar-refractivity contribution < 1.29 is 14.3 Å². The van der Waals surface area contributed by atoms with Crippen LogP contribution in [0.15, 0.2) is 23.1 Å². The molecule has 8 heteroatoms. The number of amides is 1. The summed E-state index contributed by atoms with van der Waals surface area (Å²) in [5.74, 6) is 6.16. The molecular weight excluding hydrogens is 298 g/mol. The molecule has 1 aliphatic heterocycles. The van der Waals surface area contributed by atoms with Crippen molar-refractivity contribution in [1.29, 1.82) is 0 Å². The van der Waals surface area contributed by atoms with Gasteiger partial charge in [-0.15, -0.1) is 0 Å². The highest BCUT2D eigenvalue weighted by molar-refractivity contribution is 5.83. The molecular formula is C15H25N5O3. The van der Waals surface area contributed by atoms with Gasteiger partial charge in [0.15, 0.2) is 0 Å². The zero-order chi connectivity index (χ0) is 17.1. The van der Waals surface area contributed by atoms with Gasteiger partial charge >= 0.3 is 0 Å². The second kappa shape index (κ2) is 7.01. The van der Waals surface area contributed by atoms with Gasteiger partial charge in [0.25, 0.3) is 0 Å². The average molecular weight is 323 g/mol. The molecule has 0 saturated carbocycles. The van der Waals surface area contributed by atoms with E-state index in [0.717, 1.165) is 0 Å². The molecule has 0 radical (unpaired) electrons.